The van der Waals surface area contributed by atoms with E-state index in [2.05, 4.69) is 10.2 Å². The predicted molar refractivity (Wildman–Crippen MR) is 136 cm³/mol. The van der Waals surface area contributed by atoms with Gasteiger partial charge in [0.1, 0.15) is 0 Å². The van der Waals surface area contributed by atoms with Gasteiger partial charge in [0, 0.05) is 55.2 Å². The molecule has 4 rings (SSSR count). The zero-order valence-corrected chi connectivity index (χ0v) is 20.7. The Bertz CT molecular complexity index is 1040. The van der Waals surface area contributed by atoms with Crippen LogP contribution in [0.3, 0.4) is 0 Å². The van der Waals surface area contributed by atoms with Crippen molar-refractivity contribution in [3.63, 3.8) is 0 Å². The van der Waals surface area contributed by atoms with Crippen molar-refractivity contribution in [1.29, 1.82) is 0 Å². The fourth-order valence-electron chi connectivity index (χ4n) is 4.52. The first-order valence-electron chi connectivity index (χ1n) is 11.9. The van der Waals surface area contributed by atoms with Gasteiger partial charge < -0.3 is 24.8 Å². The third-order valence-electron chi connectivity index (χ3n) is 6.43. The van der Waals surface area contributed by atoms with Crippen LogP contribution in [0.1, 0.15) is 23.2 Å². The average molecular weight is 499 g/mol. The molecule has 2 fully saturated rings. The first kappa shape index (κ1) is 25.0. The number of nitrogens with zero attached hydrogens (tertiary/aromatic N) is 3. The lowest BCUT2D eigenvalue weighted by Gasteiger charge is -2.34. The van der Waals surface area contributed by atoms with Gasteiger partial charge in [0.15, 0.2) is 0 Å². The number of likely N-dealkylation sites (tertiary alicyclic amines) is 1. The van der Waals surface area contributed by atoms with Crippen molar-refractivity contribution >= 4 is 40.7 Å². The number of nitrogens with one attached hydrogen (secondary N) is 1. The number of ether oxygens (including phenoxy) is 1. The van der Waals surface area contributed by atoms with E-state index in [1.165, 1.54) is 4.90 Å². The van der Waals surface area contributed by atoms with Crippen molar-refractivity contribution in [3.05, 3.63) is 59.1 Å². The predicted octanol–water partition coefficient (Wildman–Crippen LogP) is 3.13. The van der Waals surface area contributed by atoms with E-state index >= 15 is 0 Å². The van der Waals surface area contributed by atoms with Gasteiger partial charge in [-0.3, -0.25) is 14.4 Å². The molecule has 2 saturated heterocycles. The lowest BCUT2D eigenvalue weighted by molar-refractivity contribution is -0.138. The minimum atomic E-state index is -0.328. The fraction of sp³-hybridized carbons (Fsp3) is 0.423. The molecule has 2 aromatic rings. The van der Waals surface area contributed by atoms with Gasteiger partial charge in [-0.1, -0.05) is 11.6 Å². The van der Waals surface area contributed by atoms with Gasteiger partial charge in [0.25, 0.3) is 5.91 Å². The highest BCUT2D eigenvalue weighted by Crippen LogP contribution is 2.22. The molecular formula is C26H31ClN4O4. The summed E-state index contributed by atoms with van der Waals surface area (Å²) < 4.78 is 5.38. The molecule has 0 radical (unpaired) electrons. The van der Waals surface area contributed by atoms with Crippen LogP contribution < -0.4 is 10.2 Å². The van der Waals surface area contributed by atoms with Crippen LogP contribution in [0.15, 0.2) is 48.5 Å². The van der Waals surface area contributed by atoms with Crippen LogP contribution >= 0.6 is 11.6 Å². The van der Waals surface area contributed by atoms with E-state index in [0.717, 1.165) is 25.2 Å². The topological polar surface area (TPSA) is 82.2 Å². The molecule has 0 saturated carbocycles. The second-order valence-corrected chi connectivity index (χ2v) is 9.42. The molecule has 0 aromatic heterocycles. The average Bonchev–Trinajstić information content (AvgIpc) is 2.89. The Balaban J connectivity index is 1.28. The van der Waals surface area contributed by atoms with Crippen LogP contribution in [0.25, 0.3) is 0 Å². The summed E-state index contributed by atoms with van der Waals surface area (Å²) in [5.74, 6) is -0.827. The maximum Gasteiger partial charge on any atom is 0.253 e. The largest absolute Gasteiger partial charge is 0.378 e. The number of carbonyl (C=O) groups is 3. The zero-order valence-electron chi connectivity index (χ0n) is 19.9. The summed E-state index contributed by atoms with van der Waals surface area (Å²) in [6.45, 7) is 4.03. The normalized spacial score (nSPS) is 18.2. The smallest absolute Gasteiger partial charge is 0.253 e. The van der Waals surface area contributed by atoms with Gasteiger partial charge in [-0.25, -0.2) is 0 Å². The molecule has 2 heterocycles. The Morgan fingerprint density at radius 2 is 1.71 bits per heavy atom. The molecule has 3 amide bonds. The number of piperidine rings is 1. The molecule has 0 aliphatic carbocycles. The van der Waals surface area contributed by atoms with Crippen molar-refractivity contribution in [1.82, 2.24) is 9.80 Å². The molecule has 186 valence electrons. The number of carbonyl (C=O) groups excluding carboxylic acids is 3. The number of halogens is 1. The summed E-state index contributed by atoms with van der Waals surface area (Å²) in [7, 11) is 1.63. The Labute approximate surface area is 210 Å². The van der Waals surface area contributed by atoms with Crippen LogP contribution in [0.4, 0.5) is 11.4 Å². The molecule has 0 bridgehead atoms. The molecule has 2 aliphatic heterocycles. The van der Waals surface area contributed by atoms with Crippen molar-refractivity contribution in [2.75, 3.05) is 63.2 Å². The van der Waals surface area contributed by atoms with Crippen molar-refractivity contribution in [2.45, 2.75) is 12.8 Å². The lowest BCUT2D eigenvalue weighted by Crippen LogP contribution is -2.47. The molecule has 1 atom stereocenters. The summed E-state index contributed by atoms with van der Waals surface area (Å²) in [6.07, 6.45) is 1.43. The minimum Gasteiger partial charge on any atom is -0.378 e. The van der Waals surface area contributed by atoms with E-state index in [1.807, 2.05) is 24.3 Å². The molecule has 0 spiro atoms. The number of benzene rings is 2. The number of hydrogen-bond acceptors (Lipinski definition) is 5. The Hall–Kier alpha value is -3.10. The van der Waals surface area contributed by atoms with E-state index in [9.17, 15) is 14.4 Å². The van der Waals surface area contributed by atoms with Crippen LogP contribution in [0.2, 0.25) is 5.02 Å². The summed E-state index contributed by atoms with van der Waals surface area (Å²) in [5, 5.41) is 3.43. The standard InChI is InChI=1S/C26H31ClN4O4/c1-29(18-24(32)28-22-8-10-23(11-9-22)30-13-15-35-16-14-30)25(33)20-3-2-12-31(17-20)26(34)19-4-6-21(27)7-5-19/h4-11,20H,2-3,12-18H2,1H3,(H,28,32)/t20-/m1/s1. The van der Waals surface area contributed by atoms with Gasteiger partial charge in [0.05, 0.1) is 25.7 Å². The molecule has 9 heteroatoms. The number of likely N-dealkylation sites (N-methyl/N-ethyl adjacent to an activating group) is 1. The number of hydrogen-bond donors (Lipinski definition) is 1. The van der Waals surface area contributed by atoms with Gasteiger partial charge in [-0.2, -0.15) is 0 Å². The Morgan fingerprint density at radius 1 is 1.03 bits per heavy atom. The first-order chi connectivity index (χ1) is 16.9. The molecule has 2 aliphatic rings. The van der Waals surface area contributed by atoms with Gasteiger partial charge in [-0.15, -0.1) is 0 Å². The SMILES string of the molecule is CN(CC(=O)Nc1ccc(N2CCOCC2)cc1)C(=O)[C@@H]1CCCN(C(=O)c2ccc(Cl)cc2)C1. The number of anilines is 2. The molecule has 35 heavy (non-hydrogen) atoms. The summed E-state index contributed by atoms with van der Waals surface area (Å²) in [6, 6.07) is 14.4. The highest BCUT2D eigenvalue weighted by atomic mass is 35.5. The Kier molecular flexibility index (Phi) is 8.25. The van der Waals surface area contributed by atoms with Crippen molar-refractivity contribution in [3.8, 4) is 0 Å². The second-order valence-electron chi connectivity index (χ2n) is 8.99. The highest BCUT2D eigenvalue weighted by Gasteiger charge is 2.31. The number of amides is 3. The number of rotatable bonds is 6. The zero-order chi connectivity index (χ0) is 24.8. The van der Waals surface area contributed by atoms with Gasteiger partial charge in [-0.05, 0) is 61.4 Å². The van der Waals surface area contributed by atoms with Crippen molar-refractivity contribution in [2.24, 2.45) is 5.92 Å². The van der Waals surface area contributed by atoms with E-state index in [0.29, 0.717) is 49.0 Å². The summed E-state index contributed by atoms with van der Waals surface area (Å²) in [5.41, 5.74) is 2.33. The molecular weight excluding hydrogens is 468 g/mol. The monoisotopic (exact) mass is 498 g/mol. The third kappa shape index (κ3) is 6.52. The van der Waals surface area contributed by atoms with Crippen LogP contribution in [-0.4, -0.2) is 80.5 Å². The van der Waals surface area contributed by atoms with E-state index in [4.69, 9.17) is 16.3 Å². The molecule has 0 unspecified atom stereocenters. The highest BCUT2D eigenvalue weighted by molar-refractivity contribution is 6.30. The van der Waals surface area contributed by atoms with Crippen LogP contribution in [0.5, 0.6) is 0 Å². The summed E-state index contributed by atoms with van der Waals surface area (Å²) >= 11 is 5.92. The van der Waals surface area contributed by atoms with Crippen LogP contribution in [0, 0.1) is 5.92 Å². The maximum atomic E-state index is 13.0. The van der Waals surface area contributed by atoms with E-state index in [-0.39, 0.29) is 30.2 Å². The summed E-state index contributed by atoms with van der Waals surface area (Å²) in [4.78, 5) is 43.8. The quantitative estimate of drug-likeness (QED) is 0.661. The van der Waals surface area contributed by atoms with E-state index < -0.39 is 0 Å². The maximum absolute atomic E-state index is 13.0. The van der Waals surface area contributed by atoms with Crippen LogP contribution in [-0.2, 0) is 14.3 Å². The molecule has 1 N–H and O–H groups in total. The van der Waals surface area contributed by atoms with E-state index in [1.54, 1.807) is 36.2 Å². The molecule has 8 nitrogen and oxygen atoms in total. The van der Waals surface area contributed by atoms with Gasteiger partial charge >= 0.3 is 0 Å². The van der Waals surface area contributed by atoms with Gasteiger partial charge in [0.2, 0.25) is 11.8 Å². The first-order valence-corrected chi connectivity index (χ1v) is 12.3. The Morgan fingerprint density at radius 3 is 2.40 bits per heavy atom. The minimum absolute atomic E-state index is 0.0499. The number of morpholine rings is 1. The third-order valence-corrected chi connectivity index (χ3v) is 6.69. The lowest BCUT2D eigenvalue weighted by atomic mass is 9.96. The van der Waals surface area contributed by atoms with Crippen molar-refractivity contribution < 1.29 is 19.1 Å². The molecule has 2 aromatic carbocycles. The second kappa shape index (κ2) is 11.6. The fourth-order valence-corrected chi connectivity index (χ4v) is 4.65.